The van der Waals surface area contributed by atoms with Gasteiger partial charge in [-0.3, -0.25) is 0 Å². The number of aryl methyl sites for hydroxylation is 2. The van der Waals surface area contributed by atoms with Crippen LogP contribution < -0.4 is 11.5 Å². The third-order valence-corrected chi connectivity index (χ3v) is 3.65. The maximum Gasteiger partial charge on any atom is 0.0347 e. The van der Waals surface area contributed by atoms with Crippen LogP contribution in [0.1, 0.15) is 22.3 Å². The molecule has 1 aliphatic carbocycles. The Labute approximate surface area is 101 Å². The summed E-state index contributed by atoms with van der Waals surface area (Å²) in [5.74, 6) is 0. The van der Waals surface area contributed by atoms with Crippen molar-refractivity contribution in [2.45, 2.75) is 20.3 Å². The molecule has 0 atom stereocenters. The molecule has 2 nitrogen and oxygen atoms in total. The van der Waals surface area contributed by atoms with E-state index in [9.17, 15) is 0 Å². The molecule has 0 saturated heterocycles. The van der Waals surface area contributed by atoms with Crippen LogP contribution in [0.15, 0.2) is 24.3 Å². The van der Waals surface area contributed by atoms with Crippen molar-refractivity contribution < 1.29 is 0 Å². The lowest BCUT2D eigenvalue weighted by Gasteiger charge is -2.07. The van der Waals surface area contributed by atoms with E-state index in [2.05, 4.69) is 38.1 Å². The number of benzene rings is 2. The minimum atomic E-state index is 0.876. The Morgan fingerprint density at radius 3 is 1.59 bits per heavy atom. The molecule has 17 heavy (non-hydrogen) atoms. The summed E-state index contributed by atoms with van der Waals surface area (Å²) in [7, 11) is 0. The lowest BCUT2D eigenvalue weighted by molar-refractivity contribution is 1.25. The largest absolute Gasteiger partial charge is 0.399 e. The predicted molar refractivity (Wildman–Crippen MR) is 73.0 cm³/mol. The number of hydrogen-bond donors (Lipinski definition) is 2. The molecule has 0 bridgehead atoms. The third kappa shape index (κ3) is 1.41. The predicted octanol–water partition coefficient (Wildman–Crippen LogP) is 3.04. The average molecular weight is 224 g/mol. The summed E-state index contributed by atoms with van der Waals surface area (Å²) in [5, 5.41) is 0. The number of hydrogen-bond acceptors (Lipinski definition) is 2. The van der Waals surface area contributed by atoms with E-state index in [0.717, 1.165) is 28.9 Å². The second-order valence-electron chi connectivity index (χ2n) is 4.91. The molecule has 0 heterocycles. The van der Waals surface area contributed by atoms with Crippen molar-refractivity contribution in [1.82, 2.24) is 0 Å². The van der Waals surface area contributed by atoms with E-state index in [1.54, 1.807) is 0 Å². The van der Waals surface area contributed by atoms with Crippen LogP contribution in [0.5, 0.6) is 0 Å². The number of rotatable bonds is 0. The summed E-state index contributed by atoms with van der Waals surface area (Å²) in [6, 6.07) is 8.56. The molecule has 3 rings (SSSR count). The fourth-order valence-corrected chi connectivity index (χ4v) is 2.54. The van der Waals surface area contributed by atoms with E-state index >= 15 is 0 Å². The lowest BCUT2D eigenvalue weighted by atomic mass is 10.0. The molecule has 2 heteroatoms. The highest BCUT2D eigenvalue weighted by Crippen LogP contribution is 2.40. The zero-order chi connectivity index (χ0) is 12.2. The van der Waals surface area contributed by atoms with Crippen LogP contribution in [-0.2, 0) is 6.42 Å². The summed E-state index contributed by atoms with van der Waals surface area (Å²) in [4.78, 5) is 0. The van der Waals surface area contributed by atoms with Gasteiger partial charge in [0.1, 0.15) is 0 Å². The molecule has 4 N–H and O–H groups in total. The van der Waals surface area contributed by atoms with E-state index in [-0.39, 0.29) is 0 Å². The normalized spacial score (nSPS) is 12.4. The minimum absolute atomic E-state index is 0.876. The molecule has 86 valence electrons. The molecule has 1 aliphatic rings. The Balaban J connectivity index is 2.27. The van der Waals surface area contributed by atoms with Gasteiger partial charge in [-0.25, -0.2) is 0 Å². The van der Waals surface area contributed by atoms with Crippen LogP contribution in [0.3, 0.4) is 0 Å². The molecular formula is C15H16N2. The second kappa shape index (κ2) is 3.27. The molecule has 0 aromatic heterocycles. The first-order valence-electron chi connectivity index (χ1n) is 5.84. The molecule has 0 unspecified atom stereocenters. The fourth-order valence-electron chi connectivity index (χ4n) is 2.54. The summed E-state index contributed by atoms with van der Waals surface area (Å²) >= 11 is 0. The van der Waals surface area contributed by atoms with Crippen molar-refractivity contribution >= 4 is 11.4 Å². The third-order valence-electron chi connectivity index (χ3n) is 3.65. The topological polar surface area (TPSA) is 52.0 Å². The molecular weight excluding hydrogens is 208 g/mol. The highest BCUT2D eigenvalue weighted by Gasteiger charge is 2.20. The lowest BCUT2D eigenvalue weighted by Crippen LogP contribution is -1.92. The Hall–Kier alpha value is -1.96. The summed E-state index contributed by atoms with van der Waals surface area (Å²) in [5.41, 5.74) is 21.2. The van der Waals surface area contributed by atoms with Crippen LogP contribution in [-0.4, -0.2) is 0 Å². The van der Waals surface area contributed by atoms with Gasteiger partial charge < -0.3 is 11.5 Å². The van der Waals surface area contributed by atoms with Gasteiger partial charge in [-0.1, -0.05) is 0 Å². The van der Waals surface area contributed by atoms with Gasteiger partial charge in [-0.15, -0.1) is 0 Å². The van der Waals surface area contributed by atoms with Crippen LogP contribution in [0.4, 0.5) is 11.4 Å². The molecule has 2 aromatic rings. The van der Waals surface area contributed by atoms with Gasteiger partial charge in [0.25, 0.3) is 0 Å². The maximum atomic E-state index is 5.96. The standard InChI is InChI=1S/C15H16N2/c1-8-3-12-10(6-14(8)16)5-11-7-15(17)9(2)4-13(11)12/h3-4,6-7H,5,16-17H2,1-2H3. The summed E-state index contributed by atoms with van der Waals surface area (Å²) in [6.45, 7) is 4.11. The highest BCUT2D eigenvalue weighted by molar-refractivity contribution is 5.81. The summed E-state index contributed by atoms with van der Waals surface area (Å²) < 4.78 is 0. The van der Waals surface area contributed by atoms with Crippen LogP contribution in [0, 0.1) is 13.8 Å². The molecule has 0 spiro atoms. The zero-order valence-electron chi connectivity index (χ0n) is 10.2. The molecule has 2 aromatic carbocycles. The number of nitrogens with two attached hydrogens (primary N) is 2. The van der Waals surface area contributed by atoms with Crippen molar-refractivity contribution in [3.8, 4) is 11.1 Å². The smallest absolute Gasteiger partial charge is 0.0347 e. The Bertz CT molecular complexity index is 572. The van der Waals surface area contributed by atoms with E-state index < -0.39 is 0 Å². The van der Waals surface area contributed by atoms with Crippen LogP contribution >= 0.6 is 0 Å². The minimum Gasteiger partial charge on any atom is -0.399 e. The number of fused-ring (bicyclic) bond motifs is 3. The first-order valence-corrected chi connectivity index (χ1v) is 5.84. The Morgan fingerprint density at radius 1 is 0.765 bits per heavy atom. The Morgan fingerprint density at radius 2 is 1.18 bits per heavy atom. The van der Waals surface area contributed by atoms with Gasteiger partial charge in [0.15, 0.2) is 0 Å². The van der Waals surface area contributed by atoms with Crippen LogP contribution in [0.2, 0.25) is 0 Å². The van der Waals surface area contributed by atoms with E-state index in [1.165, 1.54) is 22.3 Å². The second-order valence-corrected chi connectivity index (χ2v) is 4.91. The zero-order valence-corrected chi connectivity index (χ0v) is 10.2. The average Bonchev–Trinajstić information content (AvgIpc) is 2.58. The SMILES string of the molecule is Cc1cc2c(cc1N)Cc1cc(N)c(C)cc1-2. The van der Waals surface area contributed by atoms with Gasteiger partial charge in [0, 0.05) is 11.4 Å². The van der Waals surface area contributed by atoms with Gasteiger partial charge in [0.2, 0.25) is 0 Å². The quantitative estimate of drug-likeness (QED) is 0.577. The molecule has 0 fully saturated rings. The molecule has 0 amide bonds. The number of nitrogen functional groups attached to an aromatic ring is 2. The highest BCUT2D eigenvalue weighted by atomic mass is 14.6. The van der Waals surface area contributed by atoms with Gasteiger partial charge in [0.05, 0.1) is 0 Å². The Kier molecular flexibility index (Phi) is 1.96. The summed E-state index contributed by atoms with van der Waals surface area (Å²) in [6.07, 6.45) is 0.944. The van der Waals surface area contributed by atoms with Gasteiger partial charge in [-0.05, 0) is 77.9 Å². The molecule has 0 aliphatic heterocycles. The van der Waals surface area contributed by atoms with Crippen molar-refractivity contribution in [3.05, 3.63) is 46.5 Å². The van der Waals surface area contributed by atoms with Crippen molar-refractivity contribution in [3.63, 3.8) is 0 Å². The van der Waals surface area contributed by atoms with Crippen molar-refractivity contribution in [2.24, 2.45) is 0 Å². The molecule has 0 radical (unpaired) electrons. The molecule has 0 saturated carbocycles. The van der Waals surface area contributed by atoms with Gasteiger partial charge in [-0.2, -0.15) is 0 Å². The van der Waals surface area contributed by atoms with Crippen molar-refractivity contribution in [2.75, 3.05) is 11.5 Å². The fraction of sp³-hybridized carbons (Fsp3) is 0.200. The monoisotopic (exact) mass is 224 g/mol. The van der Waals surface area contributed by atoms with Gasteiger partial charge >= 0.3 is 0 Å². The van der Waals surface area contributed by atoms with E-state index in [0.29, 0.717) is 0 Å². The number of anilines is 2. The van der Waals surface area contributed by atoms with Crippen LogP contribution in [0.25, 0.3) is 11.1 Å². The van der Waals surface area contributed by atoms with Crippen molar-refractivity contribution in [1.29, 1.82) is 0 Å². The maximum absolute atomic E-state index is 5.96. The first-order chi connectivity index (χ1) is 8.06. The van der Waals surface area contributed by atoms with E-state index in [4.69, 9.17) is 11.5 Å². The first kappa shape index (κ1) is 10.2. The van der Waals surface area contributed by atoms with E-state index in [1.807, 2.05) is 0 Å².